The Bertz CT molecular complexity index is 3410. The summed E-state index contributed by atoms with van der Waals surface area (Å²) in [6.45, 7) is 0. The van der Waals surface area contributed by atoms with E-state index in [0.717, 1.165) is 65.7 Å². The third-order valence-corrected chi connectivity index (χ3v) is 9.66. The second-order valence-corrected chi connectivity index (χ2v) is 12.5. The van der Waals surface area contributed by atoms with E-state index < -0.39 is 30.2 Å². The molecule has 6 heteroatoms. The summed E-state index contributed by atoms with van der Waals surface area (Å²) in [6, 6.07) is 42.4. The van der Waals surface area contributed by atoms with Gasteiger partial charge in [0, 0.05) is 49.1 Å². The van der Waals surface area contributed by atoms with E-state index in [0.29, 0.717) is 11.1 Å². The number of nitrogens with zero attached hydrogens (tertiary/aromatic N) is 5. The molecule has 11 rings (SSSR count). The van der Waals surface area contributed by atoms with Crippen LogP contribution >= 0.6 is 0 Å². The highest BCUT2D eigenvalue weighted by molar-refractivity contribution is 6.19. The Morgan fingerprint density at radius 1 is 0.431 bits per heavy atom. The summed E-state index contributed by atoms with van der Waals surface area (Å²) in [4.78, 5) is 14.8. The van der Waals surface area contributed by atoms with Crippen LogP contribution in [0, 0.1) is 0 Å². The molecule has 0 bridgehead atoms. The van der Waals surface area contributed by atoms with Gasteiger partial charge in [0.2, 0.25) is 5.95 Å². The van der Waals surface area contributed by atoms with Crippen molar-refractivity contribution >= 4 is 65.6 Å². The van der Waals surface area contributed by atoms with E-state index in [2.05, 4.69) is 47.0 Å². The molecule has 0 fully saturated rings. The van der Waals surface area contributed by atoms with Crippen LogP contribution in [-0.2, 0) is 0 Å². The van der Waals surface area contributed by atoms with Gasteiger partial charge in [0.05, 0.1) is 28.9 Å². The van der Waals surface area contributed by atoms with Crippen LogP contribution in [0.4, 0.5) is 0 Å². The van der Waals surface area contributed by atoms with Gasteiger partial charge in [-0.1, -0.05) is 109 Å². The Labute approximate surface area is 298 Å². The number of aromatic nitrogens is 5. The number of benzene rings is 7. The SMILES string of the molecule is [2H]c1c([2H])c([2H])c(-c2nc(-c3ccc4c(c3)oc3ccccc34)nc(-n3c4ccccc4c4cc5c(cc43)c3ccccc3n5-c3ccccc3)n2)c([2H])c1[2H]. The van der Waals surface area contributed by atoms with Crippen molar-refractivity contribution in [1.82, 2.24) is 24.1 Å². The van der Waals surface area contributed by atoms with Crippen LogP contribution in [0.5, 0.6) is 0 Å². The van der Waals surface area contributed by atoms with Crippen molar-refractivity contribution in [2.45, 2.75) is 0 Å². The molecule has 0 aliphatic heterocycles. The molecule has 0 spiro atoms. The first kappa shape index (κ1) is 23.3. The zero-order valence-corrected chi connectivity index (χ0v) is 26.8. The van der Waals surface area contributed by atoms with Crippen LogP contribution in [0.15, 0.2) is 168 Å². The third-order valence-electron chi connectivity index (χ3n) is 9.66. The van der Waals surface area contributed by atoms with E-state index in [1.54, 1.807) is 0 Å². The summed E-state index contributed by atoms with van der Waals surface area (Å²) >= 11 is 0. The van der Waals surface area contributed by atoms with Gasteiger partial charge >= 0.3 is 0 Å². The second-order valence-electron chi connectivity index (χ2n) is 12.5. The van der Waals surface area contributed by atoms with Gasteiger partial charge in [0.1, 0.15) is 11.2 Å². The third kappa shape index (κ3) is 4.20. The van der Waals surface area contributed by atoms with Gasteiger partial charge in [-0.25, -0.2) is 4.98 Å². The monoisotopic (exact) mass is 658 g/mol. The van der Waals surface area contributed by atoms with E-state index in [4.69, 9.17) is 26.2 Å². The summed E-state index contributed by atoms with van der Waals surface area (Å²) in [6.07, 6.45) is 0. The molecule has 0 unspecified atom stereocenters. The van der Waals surface area contributed by atoms with E-state index in [1.807, 2.05) is 95.6 Å². The number of rotatable bonds is 4. The fourth-order valence-electron chi connectivity index (χ4n) is 7.43. The summed E-state index contributed by atoms with van der Waals surface area (Å²) in [5, 5.41) is 5.99. The first-order valence-electron chi connectivity index (χ1n) is 19.1. The van der Waals surface area contributed by atoms with Crippen LogP contribution < -0.4 is 0 Å². The maximum absolute atomic E-state index is 8.87. The van der Waals surface area contributed by atoms with Crippen molar-refractivity contribution in [2.75, 3.05) is 0 Å². The molecule has 6 nitrogen and oxygen atoms in total. The summed E-state index contributed by atoms with van der Waals surface area (Å²) < 4.78 is 53.4. The zero-order chi connectivity index (χ0) is 37.8. The molecule has 0 saturated carbocycles. The van der Waals surface area contributed by atoms with E-state index in [1.165, 1.54) is 0 Å². The van der Waals surface area contributed by atoms with Gasteiger partial charge in [-0.15, -0.1) is 0 Å². The molecule has 0 saturated heterocycles. The van der Waals surface area contributed by atoms with Crippen LogP contribution in [0.1, 0.15) is 6.85 Å². The standard InChI is InChI=1S/C45H27N5O/c1-3-13-28(14-4-1)43-46-44(29-23-24-34-33-19-9-12-22-41(33)51-42(34)25-29)48-45(47-43)50-38-21-11-8-18-32(38)36-26-39-35(27-40(36)50)31-17-7-10-20-37(31)49(39)30-15-5-2-6-16-30/h1-27H/i1D,3D,4D,13D,14D. The van der Waals surface area contributed by atoms with Crippen LogP contribution in [-0.4, -0.2) is 24.1 Å². The van der Waals surface area contributed by atoms with Crippen LogP contribution in [0.25, 0.3) is 100.0 Å². The highest BCUT2D eigenvalue weighted by atomic mass is 16.3. The minimum absolute atomic E-state index is 0.0422. The molecule has 4 heterocycles. The Hall–Kier alpha value is -7.05. The molecular formula is C45H27N5O. The number of hydrogen-bond donors (Lipinski definition) is 0. The summed E-state index contributed by atoms with van der Waals surface area (Å²) in [5.41, 5.74) is 6.74. The Morgan fingerprint density at radius 3 is 1.76 bits per heavy atom. The summed E-state index contributed by atoms with van der Waals surface area (Å²) in [7, 11) is 0. The van der Waals surface area contributed by atoms with Gasteiger partial charge in [0.25, 0.3) is 0 Å². The largest absolute Gasteiger partial charge is 0.456 e. The first-order chi connectivity index (χ1) is 27.4. The zero-order valence-electron chi connectivity index (χ0n) is 31.8. The molecule has 0 amide bonds. The van der Waals surface area contributed by atoms with Crippen molar-refractivity contribution in [1.29, 1.82) is 0 Å². The molecule has 4 aromatic heterocycles. The molecule has 238 valence electrons. The molecule has 51 heavy (non-hydrogen) atoms. The lowest BCUT2D eigenvalue weighted by molar-refractivity contribution is 0.669. The van der Waals surface area contributed by atoms with Gasteiger partial charge in [-0.05, 0) is 54.6 Å². The predicted molar refractivity (Wildman–Crippen MR) is 207 cm³/mol. The Kier molecular flexibility index (Phi) is 4.91. The summed E-state index contributed by atoms with van der Waals surface area (Å²) in [5.74, 6) is 0.449. The predicted octanol–water partition coefficient (Wildman–Crippen LogP) is 11.3. The fourth-order valence-corrected chi connectivity index (χ4v) is 7.43. The average molecular weight is 659 g/mol. The number of hydrogen-bond acceptors (Lipinski definition) is 4. The highest BCUT2D eigenvalue weighted by Gasteiger charge is 2.21. The Morgan fingerprint density at radius 2 is 1.02 bits per heavy atom. The molecule has 0 N–H and O–H groups in total. The molecule has 0 aliphatic carbocycles. The lowest BCUT2D eigenvalue weighted by Gasteiger charge is -2.11. The van der Waals surface area contributed by atoms with Gasteiger partial charge in [-0.3, -0.25) is 4.57 Å². The van der Waals surface area contributed by atoms with Gasteiger partial charge in [0.15, 0.2) is 11.6 Å². The van der Waals surface area contributed by atoms with E-state index in [-0.39, 0.29) is 23.2 Å². The second kappa shape index (κ2) is 10.7. The van der Waals surface area contributed by atoms with Crippen molar-refractivity contribution in [2.24, 2.45) is 0 Å². The van der Waals surface area contributed by atoms with Crippen molar-refractivity contribution < 1.29 is 11.3 Å². The maximum atomic E-state index is 8.87. The van der Waals surface area contributed by atoms with Gasteiger partial charge in [-0.2, -0.15) is 9.97 Å². The van der Waals surface area contributed by atoms with Crippen molar-refractivity contribution in [3.63, 3.8) is 0 Å². The quantitative estimate of drug-likeness (QED) is 0.189. The molecule has 11 aromatic rings. The van der Waals surface area contributed by atoms with Crippen LogP contribution in [0.2, 0.25) is 0 Å². The van der Waals surface area contributed by atoms with E-state index in [9.17, 15) is 0 Å². The normalized spacial score (nSPS) is 13.3. The smallest absolute Gasteiger partial charge is 0.238 e. The van der Waals surface area contributed by atoms with E-state index >= 15 is 0 Å². The minimum Gasteiger partial charge on any atom is -0.456 e. The van der Waals surface area contributed by atoms with Crippen molar-refractivity contribution in [3.8, 4) is 34.4 Å². The molecule has 0 radical (unpaired) electrons. The average Bonchev–Trinajstić information content (AvgIpc) is 3.88. The number of furan rings is 1. The fraction of sp³-hybridized carbons (Fsp3) is 0. The molecule has 0 atom stereocenters. The number of fused-ring (bicyclic) bond motifs is 9. The number of para-hydroxylation sites is 4. The lowest BCUT2D eigenvalue weighted by Crippen LogP contribution is -2.06. The Balaban J connectivity index is 1.24. The first-order valence-corrected chi connectivity index (χ1v) is 16.6. The maximum Gasteiger partial charge on any atom is 0.238 e. The van der Waals surface area contributed by atoms with Crippen molar-refractivity contribution in [3.05, 3.63) is 164 Å². The molecule has 7 aromatic carbocycles. The highest BCUT2D eigenvalue weighted by Crippen LogP contribution is 2.40. The lowest BCUT2D eigenvalue weighted by atomic mass is 10.1. The van der Waals surface area contributed by atoms with Gasteiger partial charge < -0.3 is 8.98 Å². The molecular weight excluding hydrogens is 627 g/mol. The topological polar surface area (TPSA) is 61.7 Å². The minimum atomic E-state index is -0.491. The molecule has 0 aliphatic rings. The van der Waals surface area contributed by atoms with Crippen LogP contribution in [0.3, 0.4) is 0 Å².